The standard InChI is InChI=1S/C13H14ClNO3S/c1-8(16)19-9-6-12(17)15(7-9)10-4-3-5-11(18-2)13(10)14/h3-5,9H,6-7H2,1-2H3. The summed E-state index contributed by atoms with van der Waals surface area (Å²) in [5, 5.41) is 0.440. The molecule has 1 aromatic rings. The van der Waals surface area contributed by atoms with Gasteiger partial charge in [0.05, 0.1) is 12.8 Å². The van der Waals surface area contributed by atoms with E-state index in [2.05, 4.69) is 0 Å². The van der Waals surface area contributed by atoms with E-state index >= 15 is 0 Å². The van der Waals surface area contributed by atoms with E-state index < -0.39 is 0 Å². The molecule has 1 heterocycles. The molecule has 2 rings (SSSR count). The average Bonchev–Trinajstić information content (AvgIpc) is 2.69. The second-order valence-electron chi connectivity index (χ2n) is 4.23. The summed E-state index contributed by atoms with van der Waals surface area (Å²) in [5.74, 6) is 0.517. The van der Waals surface area contributed by atoms with Crippen LogP contribution in [0.25, 0.3) is 0 Å². The van der Waals surface area contributed by atoms with E-state index in [1.54, 1.807) is 23.1 Å². The fourth-order valence-corrected chi connectivity index (χ4v) is 3.31. The van der Waals surface area contributed by atoms with Crippen molar-refractivity contribution >= 4 is 40.1 Å². The normalized spacial score (nSPS) is 18.8. The summed E-state index contributed by atoms with van der Waals surface area (Å²) in [4.78, 5) is 24.7. The Labute approximate surface area is 121 Å². The smallest absolute Gasteiger partial charge is 0.228 e. The van der Waals surface area contributed by atoms with Crippen LogP contribution in [0, 0.1) is 0 Å². The minimum absolute atomic E-state index is 0.00716. The van der Waals surface area contributed by atoms with E-state index in [0.29, 0.717) is 29.4 Å². The molecule has 0 saturated carbocycles. The highest BCUT2D eigenvalue weighted by molar-refractivity contribution is 8.14. The van der Waals surface area contributed by atoms with Crippen LogP contribution in [0.15, 0.2) is 18.2 Å². The van der Waals surface area contributed by atoms with E-state index in [0.717, 1.165) is 0 Å². The van der Waals surface area contributed by atoms with Crippen LogP contribution < -0.4 is 9.64 Å². The Balaban J connectivity index is 2.23. The third-order valence-electron chi connectivity index (χ3n) is 2.88. The van der Waals surface area contributed by atoms with Gasteiger partial charge in [-0.05, 0) is 12.1 Å². The number of rotatable bonds is 3. The Morgan fingerprint density at radius 1 is 1.53 bits per heavy atom. The first-order valence-electron chi connectivity index (χ1n) is 5.83. The van der Waals surface area contributed by atoms with Gasteiger partial charge in [-0.1, -0.05) is 29.4 Å². The van der Waals surface area contributed by atoms with Crippen molar-refractivity contribution in [2.45, 2.75) is 18.6 Å². The predicted molar refractivity (Wildman–Crippen MR) is 77.0 cm³/mol. The predicted octanol–water partition coefficient (Wildman–Crippen LogP) is 2.73. The Hall–Kier alpha value is -1.20. The van der Waals surface area contributed by atoms with Crippen LogP contribution in [-0.4, -0.2) is 29.9 Å². The molecular weight excluding hydrogens is 286 g/mol. The van der Waals surface area contributed by atoms with Gasteiger partial charge in [0.15, 0.2) is 5.12 Å². The highest BCUT2D eigenvalue weighted by Crippen LogP contribution is 2.37. The molecule has 0 bridgehead atoms. The second kappa shape index (κ2) is 5.84. The molecule has 6 heteroatoms. The molecule has 0 N–H and O–H groups in total. The van der Waals surface area contributed by atoms with Crippen LogP contribution in [0.5, 0.6) is 5.75 Å². The number of anilines is 1. The lowest BCUT2D eigenvalue weighted by atomic mass is 10.2. The SMILES string of the molecule is COc1cccc(N2CC(SC(C)=O)CC2=O)c1Cl. The Morgan fingerprint density at radius 3 is 2.89 bits per heavy atom. The summed E-state index contributed by atoms with van der Waals surface area (Å²) < 4.78 is 5.14. The van der Waals surface area contributed by atoms with Gasteiger partial charge in [-0.15, -0.1) is 0 Å². The van der Waals surface area contributed by atoms with E-state index in [-0.39, 0.29) is 16.3 Å². The highest BCUT2D eigenvalue weighted by atomic mass is 35.5. The summed E-state index contributed by atoms with van der Waals surface area (Å²) in [6.45, 7) is 2.01. The molecule has 1 atom stereocenters. The number of amides is 1. The zero-order chi connectivity index (χ0) is 14.0. The molecule has 1 aliphatic rings. The molecular formula is C13H14ClNO3S. The van der Waals surface area contributed by atoms with E-state index in [1.807, 2.05) is 0 Å². The number of thioether (sulfide) groups is 1. The highest BCUT2D eigenvalue weighted by Gasteiger charge is 2.33. The number of carbonyl (C=O) groups excluding carboxylic acids is 2. The van der Waals surface area contributed by atoms with Crippen LogP contribution in [-0.2, 0) is 9.59 Å². The van der Waals surface area contributed by atoms with Crippen molar-refractivity contribution in [3.63, 3.8) is 0 Å². The number of hydrogen-bond donors (Lipinski definition) is 0. The van der Waals surface area contributed by atoms with Crippen molar-refractivity contribution in [2.24, 2.45) is 0 Å². The molecule has 19 heavy (non-hydrogen) atoms. The number of nitrogens with zero attached hydrogens (tertiary/aromatic N) is 1. The third-order valence-corrected chi connectivity index (χ3v) is 4.24. The van der Waals surface area contributed by atoms with Gasteiger partial charge in [-0.2, -0.15) is 0 Å². The number of methoxy groups -OCH3 is 1. The molecule has 0 aliphatic carbocycles. The summed E-state index contributed by atoms with van der Waals surface area (Å²) in [6.07, 6.45) is 0.359. The molecule has 0 spiro atoms. The van der Waals surface area contributed by atoms with Gasteiger partial charge in [0.25, 0.3) is 0 Å². The number of ether oxygens (including phenoxy) is 1. The first-order valence-corrected chi connectivity index (χ1v) is 7.08. The first-order chi connectivity index (χ1) is 9.02. The van der Waals surface area contributed by atoms with Crippen LogP contribution in [0.2, 0.25) is 5.02 Å². The van der Waals surface area contributed by atoms with Gasteiger partial charge < -0.3 is 9.64 Å². The molecule has 1 fully saturated rings. The summed E-state index contributed by atoms with van der Waals surface area (Å²) in [6, 6.07) is 5.32. The van der Waals surface area contributed by atoms with Crippen molar-refractivity contribution < 1.29 is 14.3 Å². The lowest BCUT2D eigenvalue weighted by Crippen LogP contribution is -2.25. The van der Waals surface area contributed by atoms with Gasteiger partial charge in [-0.3, -0.25) is 9.59 Å². The maximum atomic E-state index is 12.0. The van der Waals surface area contributed by atoms with Crippen LogP contribution in [0.4, 0.5) is 5.69 Å². The molecule has 1 aromatic carbocycles. The maximum Gasteiger partial charge on any atom is 0.228 e. The van der Waals surface area contributed by atoms with Crippen molar-refractivity contribution in [3.8, 4) is 5.75 Å². The summed E-state index contributed by atoms with van der Waals surface area (Å²) in [5.41, 5.74) is 0.637. The molecule has 0 radical (unpaired) electrons. The molecule has 102 valence electrons. The van der Waals surface area contributed by atoms with Gasteiger partial charge in [0.1, 0.15) is 10.8 Å². The minimum Gasteiger partial charge on any atom is -0.495 e. The monoisotopic (exact) mass is 299 g/mol. The van der Waals surface area contributed by atoms with Crippen molar-refractivity contribution in [1.29, 1.82) is 0 Å². The lowest BCUT2D eigenvalue weighted by molar-refractivity contribution is -0.117. The van der Waals surface area contributed by atoms with Crippen molar-refractivity contribution in [3.05, 3.63) is 23.2 Å². The summed E-state index contributed by atoms with van der Waals surface area (Å²) >= 11 is 7.42. The number of carbonyl (C=O) groups is 2. The number of benzene rings is 1. The molecule has 1 saturated heterocycles. The minimum atomic E-state index is -0.0195. The number of hydrogen-bond acceptors (Lipinski definition) is 4. The number of halogens is 1. The van der Waals surface area contributed by atoms with E-state index in [4.69, 9.17) is 16.3 Å². The molecule has 1 amide bonds. The maximum absolute atomic E-state index is 12.0. The van der Waals surface area contributed by atoms with Gasteiger partial charge >= 0.3 is 0 Å². The van der Waals surface area contributed by atoms with Crippen molar-refractivity contribution in [2.75, 3.05) is 18.6 Å². The van der Waals surface area contributed by atoms with E-state index in [1.165, 1.54) is 25.8 Å². The Morgan fingerprint density at radius 2 is 2.26 bits per heavy atom. The zero-order valence-corrected chi connectivity index (χ0v) is 12.3. The Kier molecular flexibility index (Phi) is 4.37. The van der Waals surface area contributed by atoms with Crippen LogP contribution in [0.3, 0.4) is 0 Å². The zero-order valence-electron chi connectivity index (χ0n) is 10.7. The third kappa shape index (κ3) is 3.04. The van der Waals surface area contributed by atoms with Gasteiger partial charge in [-0.25, -0.2) is 0 Å². The van der Waals surface area contributed by atoms with Gasteiger partial charge in [0.2, 0.25) is 5.91 Å². The largest absolute Gasteiger partial charge is 0.495 e. The molecule has 0 aromatic heterocycles. The van der Waals surface area contributed by atoms with Crippen LogP contribution >= 0.6 is 23.4 Å². The van der Waals surface area contributed by atoms with Crippen molar-refractivity contribution in [1.82, 2.24) is 0 Å². The molecule has 4 nitrogen and oxygen atoms in total. The van der Waals surface area contributed by atoms with E-state index in [9.17, 15) is 9.59 Å². The average molecular weight is 300 g/mol. The first kappa shape index (κ1) is 14.2. The fourth-order valence-electron chi connectivity index (χ4n) is 2.09. The van der Waals surface area contributed by atoms with Crippen LogP contribution in [0.1, 0.15) is 13.3 Å². The molecule has 1 aliphatic heterocycles. The Bertz CT molecular complexity index is 521. The summed E-state index contributed by atoms with van der Waals surface area (Å²) in [7, 11) is 1.53. The topological polar surface area (TPSA) is 46.6 Å². The fraction of sp³-hybridized carbons (Fsp3) is 0.385. The lowest BCUT2D eigenvalue weighted by Gasteiger charge is -2.19. The quantitative estimate of drug-likeness (QED) is 0.861. The second-order valence-corrected chi connectivity index (χ2v) is 6.09. The molecule has 1 unspecified atom stereocenters. The van der Waals surface area contributed by atoms with Gasteiger partial charge in [0, 0.05) is 25.1 Å².